The normalized spacial score (nSPS) is 11.5. The molecule has 0 spiro atoms. The number of carbonyl (C=O) groups is 2. The molecule has 0 saturated heterocycles. The highest BCUT2D eigenvalue weighted by atomic mass is 19.1. The van der Waals surface area contributed by atoms with Crippen molar-refractivity contribution in [2.45, 2.75) is 26.1 Å². The number of nitrogens with zero attached hydrogens (tertiary/aromatic N) is 1. The maximum absolute atomic E-state index is 13.8. The average molecular weight is 391 g/mol. The van der Waals surface area contributed by atoms with E-state index in [9.17, 15) is 14.0 Å². The van der Waals surface area contributed by atoms with Crippen molar-refractivity contribution >= 4 is 11.9 Å². The molecule has 3 rings (SSSR count). The lowest BCUT2D eigenvalue weighted by Gasteiger charge is -2.26. The summed E-state index contributed by atoms with van der Waals surface area (Å²) >= 11 is 0. The Kier molecular flexibility index (Phi) is 6.74. The number of ether oxygens (including phenoxy) is 1. The van der Waals surface area contributed by atoms with Crippen LogP contribution in [-0.4, -0.2) is 22.9 Å². The lowest BCUT2D eigenvalue weighted by Crippen LogP contribution is -2.39. The zero-order chi connectivity index (χ0) is 20.6. The maximum atomic E-state index is 13.8. The third-order valence-corrected chi connectivity index (χ3v) is 4.47. The highest BCUT2D eigenvalue weighted by Crippen LogP contribution is 2.15. The molecule has 0 radical (unpaired) electrons. The lowest BCUT2D eigenvalue weighted by atomic mass is 10.1. The zero-order valence-electron chi connectivity index (χ0n) is 16.1. The maximum Gasteiger partial charge on any atom is 0.341 e. The van der Waals surface area contributed by atoms with Gasteiger partial charge in [-0.3, -0.25) is 4.79 Å². The van der Waals surface area contributed by atoms with Crippen LogP contribution in [0.25, 0.3) is 0 Å². The first kappa shape index (κ1) is 20.3. The molecule has 4 nitrogen and oxygen atoms in total. The van der Waals surface area contributed by atoms with Gasteiger partial charge in [0.1, 0.15) is 5.82 Å². The Hall–Kier alpha value is -3.47. The fraction of sp³-hybridized carbons (Fsp3) is 0.167. The predicted molar refractivity (Wildman–Crippen MR) is 108 cm³/mol. The van der Waals surface area contributed by atoms with Gasteiger partial charge in [0.15, 0.2) is 6.10 Å². The standard InChI is InChI=1S/C24H22FNO3/c1-18(29-24(28)21-14-8-9-15-22(21)25)23(27)26(16-19-10-4-2-5-11-19)17-20-12-6-3-7-13-20/h2-15,18H,16-17H2,1H3. The average Bonchev–Trinajstić information content (AvgIpc) is 2.74. The highest BCUT2D eigenvalue weighted by Gasteiger charge is 2.25. The molecule has 29 heavy (non-hydrogen) atoms. The first-order chi connectivity index (χ1) is 14.0. The van der Waals surface area contributed by atoms with Crippen molar-refractivity contribution in [3.05, 3.63) is 107 Å². The minimum Gasteiger partial charge on any atom is -0.449 e. The number of benzene rings is 3. The number of rotatable bonds is 7. The first-order valence-corrected chi connectivity index (χ1v) is 9.36. The van der Waals surface area contributed by atoms with E-state index in [-0.39, 0.29) is 11.5 Å². The van der Waals surface area contributed by atoms with Crippen molar-refractivity contribution in [2.75, 3.05) is 0 Å². The van der Waals surface area contributed by atoms with Gasteiger partial charge in [0, 0.05) is 13.1 Å². The molecule has 1 amide bonds. The smallest absolute Gasteiger partial charge is 0.341 e. The quantitative estimate of drug-likeness (QED) is 0.553. The number of hydrogen-bond acceptors (Lipinski definition) is 3. The number of halogens is 1. The minimum absolute atomic E-state index is 0.190. The van der Waals surface area contributed by atoms with Crippen LogP contribution in [-0.2, 0) is 22.6 Å². The predicted octanol–water partition coefficient (Wildman–Crippen LogP) is 4.60. The van der Waals surface area contributed by atoms with Gasteiger partial charge in [0.2, 0.25) is 0 Å². The number of esters is 1. The topological polar surface area (TPSA) is 46.6 Å². The second-order valence-electron chi connectivity index (χ2n) is 6.69. The van der Waals surface area contributed by atoms with E-state index in [0.717, 1.165) is 11.1 Å². The second kappa shape index (κ2) is 9.64. The monoisotopic (exact) mass is 391 g/mol. The molecular formula is C24H22FNO3. The van der Waals surface area contributed by atoms with Crippen molar-refractivity contribution < 1.29 is 18.7 Å². The van der Waals surface area contributed by atoms with Crippen LogP contribution in [0.1, 0.15) is 28.4 Å². The van der Waals surface area contributed by atoms with Crippen molar-refractivity contribution in [1.29, 1.82) is 0 Å². The number of hydrogen-bond donors (Lipinski definition) is 0. The van der Waals surface area contributed by atoms with E-state index in [4.69, 9.17) is 4.74 Å². The van der Waals surface area contributed by atoms with Crippen LogP contribution in [0, 0.1) is 5.82 Å². The zero-order valence-corrected chi connectivity index (χ0v) is 16.1. The summed E-state index contributed by atoms with van der Waals surface area (Å²) in [5, 5.41) is 0. The number of carbonyl (C=O) groups excluding carboxylic acids is 2. The summed E-state index contributed by atoms with van der Waals surface area (Å²) in [5.74, 6) is -1.88. The lowest BCUT2D eigenvalue weighted by molar-refractivity contribution is -0.141. The van der Waals surface area contributed by atoms with E-state index in [2.05, 4.69) is 0 Å². The molecular weight excluding hydrogens is 369 g/mol. The van der Waals surface area contributed by atoms with E-state index in [1.54, 1.807) is 11.0 Å². The summed E-state index contributed by atoms with van der Waals surface area (Å²) < 4.78 is 19.1. The van der Waals surface area contributed by atoms with E-state index in [1.165, 1.54) is 25.1 Å². The number of amides is 1. The summed E-state index contributed by atoms with van der Waals surface area (Å²) in [7, 11) is 0. The molecule has 0 aliphatic rings. The van der Waals surface area contributed by atoms with Crippen LogP contribution in [0.15, 0.2) is 84.9 Å². The second-order valence-corrected chi connectivity index (χ2v) is 6.69. The summed E-state index contributed by atoms with van der Waals surface area (Å²) in [5.41, 5.74) is 1.73. The van der Waals surface area contributed by atoms with Crippen LogP contribution in [0.4, 0.5) is 4.39 Å². The van der Waals surface area contributed by atoms with Crippen LogP contribution in [0.2, 0.25) is 0 Å². The van der Waals surface area contributed by atoms with E-state index < -0.39 is 17.9 Å². The van der Waals surface area contributed by atoms with Gasteiger partial charge in [0.05, 0.1) is 5.56 Å². The Morgan fingerprint density at radius 2 is 1.31 bits per heavy atom. The highest BCUT2D eigenvalue weighted by molar-refractivity contribution is 5.92. The molecule has 148 valence electrons. The van der Waals surface area contributed by atoms with Gasteiger partial charge in [0.25, 0.3) is 5.91 Å². The molecule has 1 atom stereocenters. The van der Waals surface area contributed by atoms with Crippen LogP contribution >= 0.6 is 0 Å². The first-order valence-electron chi connectivity index (χ1n) is 9.36. The summed E-state index contributed by atoms with van der Waals surface area (Å²) in [6, 6.07) is 24.7. The third kappa shape index (κ3) is 5.51. The van der Waals surface area contributed by atoms with Gasteiger partial charge in [-0.15, -0.1) is 0 Å². The van der Waals surface area contributed by atoms with Gasteiger partial charge < -0.3 is 9.64 Å². The Labute approximate surface area is 169 Å². The van der Waals surface area contributed by atoms with Crippen molar-refractivity contribution in [3.8, 4) is 0 Å². The molecule has 0 N–H and O–H groups in total. The van der Waals surface area contributed by atoms with Crippen molar-refractivity contribution in [2.24, 2.45) is 0 Å². The molecule has 0 heterocycles. The molecule has 0 aliphatic heterocycles. The summed E-state index contributed by atoms with van der Waals surface area (Å²) in [6.45, 7) is 2.25. The molecule has 1 unspecified atom stereocenters. The fourth-order valence-corrected chi connectivity index (χ4v) is 2.98. The van der Waals surface area contributed by atoms with E-state index in [1.807, 2.05) is 60.7 Å². The molecule has 0 saturated carbocycles. The summed E-state index contributed by atoms with van der Waals surface area (Å²) in [4.78, 5) is 27.0. The van der Waals surface area contributed by atoms with E-state index in [0.29, 0.717) is 13.1 Å². The Morgan fingerprint density at radius 1 is 0.828 bits per heavy atom. The Bertz CT molecular complexity index is 919. The van der Waals surface area contributed by atoms with Gasteiger partial charge >= 0.3 is 5.97 Å². The Balaban J connectivity index is 1.75. The third-order valence-electron chi connectivity index (χ3n) is 4.47. The molecule has 0 aliphatic carbocycles. The minimum atomic E-state index is -1.05. The van der Waals surface area contributed by atoms with Gasteiger partial charge in [-0.2, -0.15) is 0 Å². The fourth-order valence-electron chi connectivity index (χ4n) is 2.98. The molecule has 3 aromatic rings. The summed E-state index contributed by atoms with van der Waals surface area (Å²) in [6.07, 6.45) is -1.05. The van der Waals surface area contributed by atoms with Crippen molar-refractivity contribution in [1.82, 2.24) is 4.90 Å². The molecule has 3 aromatic carbocycles. The van der Waals surface area contributed by atoms with Crippen molar-refractivity contribution in [3.63, 3.8) is 0 Å². The SMILES string of the molecule is CC(OC(=O)c1ccccc1F)C(=O)N(Cc1ccccc1)Cc1ccccc1. The molecule has 0 bridgehead atoms. The van der Waals surface area contributed by atoms with Crippen LogP contribution < -0.4 is 0 Å². The van der Waals surface area contributed by atoms with Gasteiger partial charge in [-0.1, -0.05) is 72.8 Å². The molecule has 5 heteroatoms. The largest absolute Gasteiger partial charge is 0.449 e. The van der Waals surface area contributed by atoms with Crippen LogP contribution in [0.5, 0.6) is 0 Å². The van der Waals surface area contributed by atoms with Gasteiger partial charge in [-0.05, 0) is 30.2 Å². The van der Waals surface area contributed by atoms with Crippen LogP contribution in [0.3, 0.4) is 0 Å². The Morgan fingerprint density at radius 3 is 1.83 bits per heavy atom. The van der Waals surface area contributed by atoms with Gasteiger partial charge in [-0.25, -0.2) is 9.18 Å². The van der Waals surface area contributed by atoms with E-state index >= 15 is 0 Å². The molecule has 0 aromatic heterocycles. The molecule has 0 fully saturated rings.